The topological polar surface area (TPSA) is 38.3 Å². The Morgan fingerprint density at radius 2 is 2.12 bits per heavy atom. The Labute approximate surface area is 94.8 Å². The fourth-order valence-corrected chi connectivity index (χ4v) is 2.46. The van der Waals surface area contributed by atoms with Crippen molar-refractivity contribution >= 4 is 11.5 Å². The first-order valence-corrected chi connectivity index (χ1v) is 5.64. The second kappa shape index (κ2) is 3.00. The van der Waals surface area contributed by atoms with E-state index in [1.165, 1.54) is 0 Å². The Morgan fingerprint density at radius 1 is 1.38 bits per heavy atom. The van der Waals surface area contributed by atoms with E-state index in [2.05, 4.69) is 5.32 Å². The number of ketones is 1. The van der Waals surface area contributed by atoms with Crippen LogP contribution in [0, 0.1) is 12.3 Å². The molecule has 2 aliphatic rings. The first-order valence-electron chi connectivity index (χ1n) is 5.64. The molecule has 1 N–H and O–H groups in total. The molecule has 0 atom stereocenters. The van der Waals surface area contributed by atoms with Crippen molar-refractivity contribution < 1.29 is 9.53 Å². The molecule has 1 fully saturated rings. The van der Waals surface area contributed by atoms with Crippen molar-refractivity contribution in [3.05, 3.63) is 23.3 Å². The Hall–Kier alpha value is -1.51. The Kier molecular flexibility index (Phi) is 1.82. The van der Waals surface area contributed by atoms with Crippen LogP contribution in [0.4, 0.5) is 5.69 Å². The standard InChI is InChI=1S/C13H15NO2/c1-8-5-9(16-2)6-10-11(8)14-7-13(3-4-13)12(10)15/h5-6,14H,3-4,7H2,1-2H3. The average Bonchev–Trinajstić information content (AvgIpc) is 3.05. The molecule has 1 spiro atoms. The van der Waals surface area contributed by atoms with Crippen LogP contribution >= 0.6 is 0 Å². The molecule has 0 amide bonds. The average molecular weight is 217 g/mol. The van der Waals surface area contributed by atoms with Crippen LogP contribution in [0.25, 0.3) is 0 Å². The van der Waals surface area contributed by atoms with Crippen LogP contribution in [0.3, 0.4) is 0 Å². The summed E-state index contributed by atoms with van der Waals surface area (Å²) in [6, 6.07) is 3.82. The number of Topliss-reactive ketones (excluding diaryl/α,β-unsaturated/α-hetero) is 1. The van der Waals surface area contributed by atoms with Gasteiger partial charge in [-0.15, -0.1) is 0 Å². The molecule has 0 saturated heterocycles. The lowest BCUT2D eigenvalue weighted by molar-refractivity contribution is 0.0903. The van der Waals surface area contributed by atoms with Crippen molar-refractivity contribution in [2.24, 2.45) is 5.41 Å². The van der Waals surface area contributed by atoms with Crippen molar-refractivity contribution in [2.75, 3.05) is 19.0 Å². The number of carbonyl (C=O) groups excluding carboxylic acids is 1. The summed E-state index contributed by atoms with van der Waals surface area (Å²) in [5.41, 5.74) is 2.79. The molecule has 3 nitrogen and oxygen atoms in total. The predicted octanol–water partition coefficient (Wildman–Crippen LogP) is 2.39. The van der Waals surface area contributed by atoms with Crippen molar-refractivity contribution in [2.45, 2.75) is 19.8 Å². The number of hydrogen-bond acceptors (Lipinski definition) is 3. The summed E-state index contributed by atoms with van der Waals surface area (Å²) in [5.74, 6) is 1.06. The van der Waals surface area contributed by atoms with Gasteiger partial charge in [0, 0.05) is 17.8 Å². The number of anilines is 1. The summed E-state index contributed by atoms with van der Waals surface area (Å²) in [6.07, 6.45) is 2.04. The third kappa shape index (κ3) is 1.17. The van der Waals surface area contributed by atoms with Gasteiger partial charge in [0.25, 0.3) is 0 Å². The number of aryl methyl sites for hydroxylation is 1. The monoisotopic (exact) mass is 217 g/mol. The SMILES string of the molecule is COc1cc(C)c2c(c1)C(=O)C1(CC1)CN2. The predicted molar refractivity (Wildman–Crippen MR) is 62.2 cm³/mol. The molecule has 1 heterocycles. The van der Waals surface area contributed by atoms with Crippen molar-refractivity contribution in [1.82, 2.24) is 0 Å². The maximum Gasteiger partial charge on any atom is 0.172 e. The molecule has 1 aliphatic heterocycles. The molecule has 1 aromatic rings. The number of hydrogen-bond donors (Lipinski definition) is 1. The van der Waals surface area contributed by atoms with E-state index in [1.807, 2.05) is 19.1 Å². The van der Waals surface area contributed by atoms with Gasteiger partial charge in [0.2, 0.25) is 0 Å². The Balaban J connectivity index is 2.14. The molecular formula is C13H15NO2. The largest absolute Gasteiger partial charge is 0.497 e. The summed E-state index contributed by atoms with van der Waals surface area (Å²) in [6.45, 7) is 2.80. The second-order valence-corrected chi connectivity index (χ2v) is 4.83. The van der Waals surface area contributed by atoms with Crippen LogP contribution in [0.2, 0.25) is 0 Å². The normalized spacial score (nSPS) is 20.2. The molecule has 3 heteroatoms. The van der Waals surface area contributed by atoms with Crippen LogP contribution < -0.4 is 10.1 Å². The minimum absolute atomic E-state index is 0.0915. The van der Waals surface area contributed by atoms with Gasteiger partial charge in [-0.3, -0.25) is 4.79 Å². The van der Waals surface area contributed by atoms with Gasteiger partial charge < -0.3 is 10.1 Å². The van der Waals surface area contributed by atoms with Gasteiger partial charge in [-0.05, 0) is 37.5 Å². The molecule has 0 unspecified atom stereocenters. The fourth-order valence-electron chi connectivity index (χ4n) is 2.46. The zero-order chi connectivity index (χ0) is 11.3. The minimum atomic E-state index is -0.0915. The van der Waals surface area contributed by atoms with E-state index in [9.17, 15) is 4.79 Å². The van der Waals surface area contributed by atoms with E-state index in [0.717, 1.165) is 42.0 Å². The Morgan fingerprint density at radius 3 is 2.75 bits per heavy atom. The number of benzene rings is 1. The highest BCUT2D eigenvalue weighted by Gasteiger charge is 2.52. The molecular weight excluding hydrogens is 202 g/mol. The fraction of sp³-hybridized carbons (Fsp3) is 0.462. The molecule has 1 aliphatic carbocycles. The summed E-state index contributed by atoms with van der Waals surface area (Å²) in [7, 11) is 1.63. The molecule has 1 saturated carbocycles. The lowest BCUT2D eigenvalue weighted by Gasteiger charge is -2.26. The smallest absolute Gasteiger partial charge is 0.172 e. The van der Waals surface area contributed by atoms with Crippen LogP contribution in [0.1, 0.15) is 28.8 Å². The van der Waals surface area contributed by atoms with Crippen LogP contribution in [-0.2, 0) is 0 Å². The van der Waals surface area contributed by atoms with E-state index in [1.54, 1.807) is 7.11 Å². The van der Waals surface area contributed by atoms with Crippen molar-refractivity contribution in [1.29, 1.82) is 0 Å². The van der Waals surface area contributed by atoms with E-state index >= 15 is 0 Å². The zero-order valence-corrected chi connectivity index (χ0v) is 9.59. The molecule has 16 heavy (non-hydrogen) atoms. The number of rotatable bonds is 1. The third-order valence-electron chi connectivity index (χ3n) is 3.73. The summed E-state index contributed by atoms with van der Waals surface area (Å²) in [5, 5.41) is 3.39. The van der Waals surface area contributed by atoms with E-state index < -0.39 is 0 Å². The van der Waals surface area contributed by atoms with E-state index in [-0.39, 0.29) is 5.41 Å². The van der Waals surface area contributed by atoms with E-state index in [4.69, 9.17) is 4.74 Å². The lowest BCUT2D eigenvalue weighted by atomic mass is 9.88. The molecule has 84 valence electrons. The molecule has 0 aromatic heterocycles. The number of fused-ring (bicyclic) bond motifs is 1. The number of methoxy groups -OCH3 is 1. The van der Waals surface area contributed by atoms with Crippen molar-refractivity contribution in [3.63, 3.8) is 0 Å². The van der Waals surface area contributed by atoms with Gasteiger partial charge in [0.1, 0.15) is 5.75 Å². The maximum absolute atomic E-state index is 12.3. The highest BCUT2D eigenvalue weighted by Crippen LogP contribution is 2.52. The number of carbonyl (C=O) groups is 1. The van der Waals surface area contributed by atoms with Gasteiger partial charge in [0.15, 0.2) is 5.78 Å². The lowest BCUT2D eigenvalue weighted by Crippen LogP contribution is -2.31. The molecule has 1 aromatic carbocycles. The van der Waals surface area contributed by atoms with Crippen molar-refractivity contribution in [3.8, 4) is 5.75 Å². The third-order valence-corrected chi connectivity index (χ3v) is 3.73. The quantitative estimate of drug-likeness (QED) is 0.785. The van der Waals surface area contributed by atoms with Crippen LogP contribution in [0.5, 0.6) is 5.75 Å². The second-order valence-electron chi connectivity index (χ2n) is 4.83. The Bertz CT molecular complexity index is 475. The molecule has 3 rings (SSSR count). The van der Waals surface area contributed by atoms with Crippen LogP contribution in [-0.4, -0.2) is 19.4 Å². The van der Waals surface area contributed by atoms with Crippen LogP contribution in [0.15, 0.2) is 12.1 Å². The first kappa shape index (κ1) is 9.70. The van der Waals surface area contributed by atoms with Gasteiger partial charge in [0.05, 0.1) is 12.5 Å². The maximum atomic E-state index is 12.3. The highest BCUT2D eigenvalue weighted by atomic mass is 16.5. The molecule has 0 radical (unpaired) electrons. The number of nitrogens with one attached hydrogen (secondary N) is 1. The van der Waals surface area contributed by atoms with Gasteiger partial charge in [-0.1, -0.05) is 0 Å². The summed E-state index contributed by atoms with van der Waals surface area (Å²) < 4.78 is 5.22. The van der Waals surface area contributed by atoms with Gasteiger partial charge in [-0.2, -0.15) is 0 Å². The van der Waals surface area contributed by atoms with E-state index in [0.29, 0.717) is 5.78 Å². The molecule has 0 bridgehead atoms. The summed E-state index contributed by atoms with van der Waals surface area (Å²) in [4.78, 5) is 12.3. The highest BCUT2D eigenvalue weighted by molar-refractivity contribution is 6.09. The van der Waals surface area contributed by atoms with Gasteiger partial charge in [-0.25, -0.2) is 0 Å². The summed E-state index contributed by atoms with van der Waals surface area (Å²) >= 11 is 0. The number of ether oxygens (including phenoxy) is 1. The minimum Gasteiger partial charge on any atom is -0.497 e. The first-order chi connectivity index (χ1) is 7.66. The van der Waals surface area contributed by atoms with Gasteiger partial charge >= 0.3 is 0 Å². The zero-order valence-electron chi connectivity index (χ0n) is 9.59.